The number of allylic oxidation sites excluding steroid dienone is 1. The van der Waals surface area contributed by atoms with Gasteiger partial charge in [0.1, 0.15) is 0 Å². The molecule has 140 valence electrons. The van der Waals surface area contributed by atoms with E-state index in [0.29, 0.717) is 5.70 Å². The first-order valence-corrected chi connectivity index (χ1v) is 9.33. The van der Waals surface area contributed by atoms with Crippen molar-refractivity contribution in [2.75, 3.05) is 13.1 Å². The van der Waals surface area contributed by atoms with Gasteiger partial charge in [0.2, 0.25) is 0 Å². The maximum Gasteiger partial charge on any atom is 0.0530 e. The Morgan fingerprint density at radius 2 is 1.96 bits per heavy atom. The molecule has 0 bridgehead atoms. The Kier molecular flexibility index (Phi) is 6.47. The highest BCUT2D eigenvalue weighted by Crippen LogP contribution is 2.19. The third-order valence-electron chi connectivity index (χ3n) is 4.83. The second kappa shape index (κ2) is 9.21. The molecule has 27 heavy (non-hydrogen) atoms. The first-order valence-electron chi connectivity index (χ1n) is 9.33. The number of hydrogen-bond acceptors (Lipinski definition) is 3. The molecular weight excluding hydrogens is 334 g/mol. The van der Waals surface area contributed by atoms with Gasteiger partial charge in [0.05, 0.1) is 5.70 Å². The Hall–Kier alpha value is -2.82. The molecule has 3 rings (SSSR count). The number of nitrogens with zero attached hydrogens (tertiary/aromatic N) is 1. The fraction of sp³-hybridized carbons (Fsp3) is 0.217. The van der Waals surface area contributed by atoms with Gasteiger partial charge in [0.15, 0.2) is 0 Å². The zero-order valence-electron chi connectivity index (χ0n) is 15.8. The van der Waals surface area contributed by atoms with Gasteiger partial charge in [0, 0.05) is 30.2 Å². The minimum absolute atomic E-state index is 0.466. The zero-order chi connectivity index (χ0) is 19.1. The van der Waals surface area contributed by atoms with Crippen LogP contribution in [0.1, 0.15) is 23.6 Å². The van der Waals surface area contributed by atoms with Gasteiger partial charge in [-0.15, -0.1) is 0 Å². The minimum Gasteiger partial charge on any atom is -0.361 e. The predicted molar refractivity (Wildman–Crippen MR) is 112 cm³/mol. The first kappa shape index (κ1) is 19.0. The van der Waals surface area contributed by atoms with Crippen LogP contribution in [0.25, 0.3) is 17.0 Å². The van der Waals surface area contributed by atoms with Crippen LogP contribution in [0.2, 0.25) is 0 Å². The molecule has 3 N–H and O–H groups in total. The lowest BCUT2D eigenvalue weighted by Crippen LogP contribution is -2.25. The van der Waals surface area contributed by atoms with E-state index in [1.54, 1.807) is 6.08 Å². The molecule has 0 unspecified atom stereocenters. The van der Waals surface area contributed by atoms with E-state index in [2.05, 4.69) is 78.1 Å². The third kappa shape index (κ3) is 5.09. The summed E-state index contributed by atoms with van der Waals surface area (Å²) in [4.78, 5) is 5.82. The van der Waals surface area contributed by atoms with Crippen molar-refractivity contribution in [1.82, 2.24) is 15.4 Å². The highest BCUT2D eigenvalue weighted by molar-refractivity contribution is 5.83. The molecule has 0 radical (unpaired) electrons. The Balaban J connectivity index is 1.58. The van der Waals surface area contributed by atoms with E-state index in [0.717, 1.165) is 31.6 Å². The van der Waals surface area contributed by atoms with Crippen molar-refractivity contribution in [3.8, 4) is 0 Å². The van der Waals surface area contributed by atoms with Gasteiger partial charge >= 0.3 is 0 Å². The normalized spacial score (nSPS) is 11.5. The van der Waals surface area contributed by atoms with Crippen LogP contribution in [0.4, 0.5) is 0 Å². The number of hydrogen-bond donors (Lipinski definition) is 3. The van der Waals surface area contributed by atoms with Crippen molar-refractivity contribution >= 4 is 17.0 Å². The van der Waals surface area contributed by atoms with Crippen molar-refractivity contribution in [1.29, 1.82) is 0 Å². The summed E-state index contributed by atoms with van der Waals surface area (Å²) in [7, 11) is 0. The number of nitrogens with one attached hydrogen (secondary N) is 2. The zero-order valence-corrected chi connectivity index (χ0v) is 15.8. The maximum atomic E-state index is 8.75. The lowest BCUT2D eigenvalue weighted by molar-refractivity contribution is 0.205. The Morgan fingerprint density at radius 1 is 1.19 bits per heavy atom. The molecule has 3 aromatic rings. The smallest absolute Gasteiger partial charge is 0.0530 e. The van der Waals surface area contributed by atoms with E-state index in [4.69, 9.17) is 5.21 Å². The quantitative estimate of drug-likeness (QED) is 0.381. The predicted octanol–water partition coefficient (Wildman–Crippen LogP) is 4.74. The van der Waals surface area contributed by atoms with Crippen molar-refractivity contribution in [3.63, 3.8) is 0 Å². The van der Waals surface area contributed by atoms with E-state index in [9.17, 15) is 0 Å². The Bertz CT molecular complexity index is 909. The topological polar surface area (TPSA) is 51.3 Å². The van der Waals surface area contributed by atoms with Crippen molar-refractivity contribution in [2.24, 2.45) is 0 Å². The van der Waals surface area contributed by atoms with Crippen LogP contribution in [0.5, 0.6) is 0 Å². The molecule has 0 fully saturated rings. The van der Waals surface area contributed by atoms with E-state index in [1.165, 1.54) is 22.0 Å². The second-order valence-electron chi connectivity index (χ2n) is 6.69. The maximum absolute atomic E-state index is 8.75. The van der Waals surface area contributed by atoms with Gasteiger partial charge in [-0.3, -0.25) is 15.6 Å². The molecule has 0 saturated carbocycles. The van der Waals surface area contributed by atoms with Crippen molar-refractivity contribution in [3.05, 3.63) is 89.8 Å². The molecule has 1 heterocycles. The minimum atomic E-state index is 0.466. The average Bonchev–Trinajstić information content (AvgIpc) is 3.13. The van der Waals surface area contributed by atoms with Crippen LogP contribution in [-0.2, 0) is 13.0 Å². The monoisotopic (exact) mass is 361 g/mol. The summed E-state index contributed by atoms with van der Waals surface area (Å²) in [5.41, 5.74) is 7.46. The highest BCUT2D eigenvalue weighted by Gasteiger charge is 2.07. The molecule has 0 aliphatic carbocycles. The summed E-state index contributed by atoms with van der Waals surface area (Å²) >= 11 is 0. The van der Waals surface area contributed by atoms with E-state index >= 15 is 0 Å². The molecular formula is C23H27N3O. The van der Waals surface area contributed by atoms with Gasteiger partial charge < -0.3 is 4.98 Å². The van der Waals surface area contributed by atoms with Gasteiger partial charge in [-0.25, -0.2) is 0 Å². The Morgan fingerprint density at radius 3 is 2.70 bits per heavy atom. The van der Waals surface area contributed by atoms with Crippen molar-refractivity contribution in [2.45, 2.75) is 19.9 Å². The highest BCUT2D eigenvalue weighted by atomic mass is 16.5. The number of benzene rings is 2. The molecule has 0 aliphatic heterocycles. The largest absolute Gasteiger partial charge is 0.361 e. The number of H-pyrrole nitrogens is 1. The number of para-hydroxylation sites is 1. The standard InChI is InChI=1S/C23H27N3O/c1-3-26(15-14-21-16-24-23-7-5-4-6-22(21)23)17-20-12-10-19(11-13-20)9-8-18(2)25-27/h4-13,16,24-25,27H,2-3,14-15,17H2,1H3/b9-8+. The lowest BCUT2D eigenvalue weighted by atomic mass is 10.1. The molecule has 4 nitrogen and oxygen atoms in total. The number of likely N-dealkylation sites (N-methyl/N-ethyl adjacent to an activating group) is 1. The van der Waals surface area contributed by atoms with Crippen LogP contribution < -0.4 is 5.48 Å². The number of aromatic nitrogens is 1. The van der Waals surface area contributed by atoms with E-state index < -0.39 is 0 Å². The summed E-state index contributed by atoms with van der Waals surface area (Å²) in [6, 6.07) is 17.0. The van der Waals surface area contributed by atoms with Gasteiger partial charge in [-0.2, -0.15) is 0 Å². The van der Waals surface area contributed by atoms with E-state index in [-0.39, 0.29) is 0 Å². The summed E-state index contributed by atoms with van der Waals surface area (Å²) < 4.78 is 0. The molecule has 0 spiro atoms. The summed E-state index contributed by atoms with van der Waals surface area (Å²) in [6.45, 7) is 8.86. The molecule has 0 saturated heterocycles. The summed E-state index contributed by atoms with van der Waals surface area (Å²) in [5, 5.41) is 10.1. The molecule has 0 amide bonds. The van der Waals surface area contributed by atoms with Gasteiger partial charge in [-0.05, 0) is 41.8 Å². The number of hydroxylamine groups is 1. The lowest BCUT2D eigenvalue weighted by Gasteiger charge is -2.20. The summed E-state index contributed by atoms with van der Waals surface area (Å²) in [6.07, 6.45) is 6.84. The number of rotatable bonds is 9. The fourth-order valence-corrected chi connectivity index (χ4v) is 3.19. The molecule has 0 atom stereocenters. The number of aromatic amines is 1. The van der Waals surface area contributed by atoms with Crippen LogP contribution in [0.3, 0.4) is 0 Å². The third-order valence-corrected chi connectivity index (χ3v) is 4.83. The first-order chi connectivity index (χ1) is 13.2. The van der Waals surface area contributed by atoms with Crippen molar-refractivity contribution < 1.29 is 5.21 Å². The SMILES string of the molecule is C=C(/C=C/c1ccc(CN(CC)CCc2c[nH]c3ccccc23)cc1)NO. The molecule has 0 aliphatic rings. The Labute approximate surface area is 160 Å². The number of fused-ring (bicyclic) bond motifs is 1. The van der Waals surface area contributed by atoms with Crippen LogP contribution >= 0.6 is 0 Å². The molecule has 2 aromatic carbocycles. The second-order valence-corrected chi connectivity index (χ2v) is 6.69. The fourth-order valence-electron chi connectivity index (χ4n) is 3.19. The summed E-state index contributed by atoms with van der Waals surface area (Å²) in [5.74, 6) is 0. The average molecular weight is 361 g/mol. The van der Waals surface area contributed by atoms with Gasteiger partial charge in [0.25, 0.3) is 0 Å². The van der Waals surface area contributed by atoms with Crippen LogP contribution in [0, 0.1) is 0 Å². The van der Waals surface area contributed by atoms with Crippen LogP contribution in [-0.4, -0.2) is 28.2 Å². The van der Waals surface area contributed by atoms with Gasteiger partial charge in [-0.1, -0.05) is 62.0 Å². The van der Waals surface area contributed by atoms with Crippen LogP contribution in [0.15, 0.2) is 73.1 Å². The molecule has 1 aromatic heterocycles. The molecule has 4 heteroatoms. The van der Waals surface area contributed by atoms with E-state index in [1.807, 2.05) is 11.6 Å².